The molecule has 3 rings (SSSR count). The predicted molar refractivity (Wildman–Crippen MR) is 153 cm³/mol. The van der Waals surface area contributed by atoms with Gasteiger partial charge in [-0.1, -0.05) is 45.3 Å². The first-order valence-electron chi connectivity index (χ1n) is 14.1. The van der Waals surface area contributed by atoms with E-state index in [1.54, 1.807) is 6.92 Å². The van der Waals surface area contributed by atoms with Crippen LogP contribution in [0.1, 0.15) is 105 Å². The van der Waals surface area contributed by atoms with Gasteiger partial charge in [0.15, 0.2) is 0 Å². The summed E-state index contributed by atoms with van der Waals surface area (Å²) in [7, 11) is -3.25. The molecule has 0 amide bonds. The maximum atomic E-state index is 14.1. The number of unbranched alkanes of at least 4 members (excludes halogenated alkanes) is 1. The molecule has 0 saturated carbocycles. The van der Waals surface area contributed by atoms with Crippen LogP contribution in [0.15, 0.2) is 23.8 Å². The van der Waals surface area contributed by atoms with Crippen molar-refractivity contribution in [2.75, 3.05) is 13.7 Å². The third-order valence-electron chi connectivity index (χ3n) is 8.03. The molecule has 0 radical (unpaired) electrons. The first kappa shape index (κ1) is 31.2. The van der Waals surface area contributed by atoms with Crippen LogP contribution < -0.4 is 14.3 Å². The number of fused-ring (bicyclic) bond motifs is 3. The molecule has 1 aliphatic carbocycles. The molecule has 39 heavy (non-hydrogen) atoms. The number of carbonyl (C=O) groups excluding carboxylic acids is 2. The van der Waals surface area contributed by atoms with Crippen molar-refractivity contribution in [2.45, 2.75) is 110 Å². The van der Waals surface area contributed by atoms with Gasteiger partial charge in [-0.3, -0.25) is 4.79 Å². The Morgan fingerprint density at radius 3 is 2.56 bits per heavy atom. The molecule has 2 aliphatic rings. The Balaban J connectivity index is 2.21. The van der Waals surface area contributed by atoms with Gasteiger partial charge in [-0.15, -0.1) is 0 Å². The minimum Gasteiger partial charge on any atom is -0.487 e. The Morgan fingerprint density at radius 2 is 1.95 bits per heavy atom. The summed E-state index contributed by atoms with van der Waals surface area (Å²) >= 11 is 0. The summed E-state index contributed by atoms with van der Waals surface area (Å²) < 4.78 is 36.9. The fourth-order valence-electron chi connectivity index (χ4n) is 5.69. The smallest absolute Gasteiger partial charge is 0.424 e. The van der Waals surface area contributed by atoms with Crippen LogP contribution >= 0.6 is 7.52 Å². The number of allylic oxidation sites excluding steroid dienone is 2. The molecule has 0 aromatic heterocycles. The molecule has 0 saturated heterocycles. The Labute approximate surface area is 233 Å². The van der Waals surface area contributed by atoms with E-state index in [2.05, 4.69) is 58.8 Å². The van der Waals surface area contributed by atoms with Crippen LogP contribution in [0, 0.1) is 5.92 Å². The lowest BCUT2D eigenvalue weighted by Crippen LogP contribution is -2.45. The fourth-order valence-corrected chi connectivity index (χ4v) is 7.20. The van der Waals surface area contributed by atoms with Gasteiger partial charge >= 0.3 is 19.2 Å². The van der Waals surface area contributed by atoms with Crippen molar-refractivity contribution in [2.24, 2.45) is 5.92 Å². The Bertz CT molecular complexity index is 1160. The zero-order valence-corrected chi connectivity index (χ0v) is 25.9. The van der Waals surface area contributed by atoms with E-state index in [9.17, 15) is 14.2 Å². The highest BCUT2D eigenvalue weighted by Crippen LogP contribution is 2.57. The Morgan fingerprint density at radius 1 is 1.26 bits per heavy atom. The number of hydrogen-bond acceptors (Lipinski definition) is 7. The quantitative estimate of drug-likeness (QED) is 0.167. The van der Waals surface area contributed by atoms with E-state index in [4.69, 9.17) is 18.7 Å². The first-order valence-corrected chi connectivity index (χ1v) is 15.7. The van der Waals surface area contributed by atoms with Crippen molar-refractivity contribution in [3.63, 3.8) is 0 Å². The fraction of sp³-hybridized carbons (Fsp3) is 0.667. The average Bonchev–Trinajstić information content (AvgIpc) is 2.86. The number of carbonyl (C=O) groups is 2. The minimum absolute atomic E-state index is 0.0473. The molecule has 4 unspecified atom stereocenters. The van der Waals surface area contributed by atoms with E-state index in [0.29, 0.717) is 11.5 Å². The van der Waals surface area contributed by atoms with E-state index in [-0.39, 0.29) is 23.9 Å². The maximum absolute atomic E-state index is 14.1. The zero-order valence-electron chi connectivity index (χ0n) is 25.0. The van der Waals surface area contributed by atoms with Gasteiger partial charge in [0.1, 0.15) is 23.1 Å². The number of methoxy groups -OCH3 is 1. The van der Waals surface area contributed by atoms with Crippen LogP contribution in [0.4, 0.5) is 4.79 Å². The number of ether oxygens (including phenoxy) is 3. The molecule has 9 heteroatoms. The van der Waals surface area contributed by atoms with Gasteiger partial charge in [0, 0.05) is 17.4 Å². The van der Waals surface area contributed by atoms with Crippen LogP contribution in [-0.2, 0) is 24.2 Å². The van der Waals surface area contributed by atoms with Crippen molar-refractivity contribution < 1.29 is 32.9 Å². The number of hydrogen-bond donors (Lipinski definition) is 1. The molecule has 1 aromatic rings. The number of esters is 1. The lowest BCUT2D eigenvalue weighted by Gasteiger charge is -2.47. The largest absolute Gasteiger partial charge is 0.487 e. The van der Waals surface area contributed by atoms with Gasteiger partial charge in [-0.25, -0.2) is 14.4 Å². The second-order valence-corrected chi connectivity index (χ2v) is 13.9. The van der Waals surface area contributed by atoms with E-state index >= 15 is 0 Å². The van der Waals surface area contributed by atoms with Gasteiger partial charge < -0.3 is 18.7 Å². The van der Waals surface area contributed by atoms with E-state index in [0.717, 1.165) is 50.3 Å². The molecule has 1 N–H and O–H groups in total. The van der Waals surface area contributed by atoms with Gasteiger partial charge in [0.25, 0.3) is 0 Å². The molecule has 8 nitrogen and oxygen atoms in total. The topological polar surface area (TPSA) is 100 Å². The highest BCUT2D eigenvalue weighted by atomic mass is 31.2. The summed E-state index contributed by atoms with van der Waals surface area (Å²) in [6.45, 7) is 16.1. The molecule has 0 spiro atoms. The van der Waals surface area contributed by atoms with Gasteiger partial charge in [-0.05, 0) is 77.0 Å². The molecule has 0 bridgehead atoms. The second kappa shape index (κ2) is 12.1. The summed E-state index contributed by atoms with van der Waals surface area (Å²) in [6.07, 6.45) is 7.18. The van der Waals surface area contributed by atoms with Crippen molar-refractivity contribution in [3.8, 4) is 11.5 Å². The number of nitrogens with one attached hydrogen (secondary N) is 1. The lowest BCUT2D eigenvalue weighted by atomic mass is 9.67. The van der Waals surface area contributed by atoms with Crippen molar-refractivity contribution in [1.29, 1.82) is 0 Å². The van der Waals surface area contributed by atoms with Gasteiger partial charge in [-0.2, -0.15) is 0 Å². The third-order valence-corrected chi connectivity index (χ3v) is 9.88. The molecular weight excluding hydrogens is 517 g/mol. The molecule has 218 valence electrons. The van der Waals surface area contributed by atoms with Crippen LogP contribution in [0.3, 0.4) is 0 Å². The van der Waals surface area contributed by atoms with Crippen molar-refractivity contribution >= 4 is 19.2 Å². The Kier molecular flexibility index (Phi) is 9.65. The zero-order chi connectivity index (χ0) is 29.2. The summed E-state index contributed by atoms with van der Waals surface area (Å²) in [5.41, 5.74) is 1.26. The normalized spacial score (nSPS) is 22.2. The molecule has 1 heterocycles. The van der Waals surface area contributed by atoms with E-state index in [1.807, 2.05) is 6.07 Å². The van der Waals surface area contributed by atoms with Crippen LogP contribution in [0.2, 0.25) is 0 Å². The monoisotopic (exact) mass is 563 g/mol. The second-order valence-electron chi connectivity index (χ2n) is 12.0. The molecule has 1 aliphatic heterocycles. The third kappa shape index (κ3) is 6.71. The van der Waals surface area contributed by atoms with Gasteiger partial charge in [0.05, 0.1) is 13.7 Å². The number of benzene rings is 1. The van der Waals surface area contributed by atoms with Crippen LogP contribution in [0.5, 0.6) is 11.5 Å². The minimum atomic E-state index is -4.39. The maximum Gasteiger partial charge on any atom is 0.424 e. The predicted octanol–water partition coefficient (Wildman–Crippen LogP) is 7.64. The van der Waals surface area contributed by atoms with E-state index < -0.39 is 30.8 Å². The SMILES string of the molecule is CCCCC(C)(C)c1cc2c(c(OP(=O)(NC(C)C(=O)OCC)C(=O)OC)c1)C1C=C(C)CCC1C(C)(C)O2. The molecule has 1 aromatic carbocycles. The van der Waals surface area contributed by atoms with Gasteiger partial charge in [0.2, 0.25) is 0 Å². The average molecular weight is 564 g/mol. The highest BCUT2D eigenvalue weighted by molar-refractivity contribution is 7.74. The number of rotatable bonds is 11. The summed E-state index contributed by atoms with van der Waals surface area (Å²) in [6, 6.07) is 2.90. The summed E-state index contributed by atoms with van der Waals surface area (Å²) in [5, 5.41) is 2.60. The van der Waals surface area contributed by atoms with Crippen molar-refractivity contribution in [3.05, 3.63) is 34.9 Å². The summed E-state index contributed by atoms with van der Waals surface area (Å²) in [4.78, 5) is 25.3. The molecule has 0 fully saturated rings. The molecule has 4 atom stereocenters. The lowest BCUT2D eigenvalue weighted by molar-refractivity contribution is -0.144. The molecular formula is C30H46NO7P. The first-order chi connectivity index (χ1) is 18.2. The van der Waals surface area contributed by atoms with E-state index in [1.165, 1.54) is 12.5 Å². The Hall–Kier alpha value is -2.31. The van der Waals surface area contributed by atoms with Crippen molar-refractivity contribution in [1.82, 2.24) is 5.09 Å². The summed E-state index contributed by atoms with van der Waals surface area (Å²) in [5.74, 6) is 0.449. The van der Waals surface area contributed by atoms with Crippen LogP contribution in [0.25, 0.3) is 0 Å². The highest BCUT2D eigenvalue weighted by Gasteiger charge is 2.48. The van der Waals surface area contributed by atoms with Crippen LogP contribution in [-0.4, -0.2) is 37.0 Å². The standard InChI is InChI=1S/C30H46NO7P/c1-10-12-15-29(5,6)21-17-24-26(22-16-19(3)13-14-23(22)30(7,8)37-24)25(18-21)38-39(34,28(33)35-9)31-20(4)27(32)36-11-2/h16-18,20,22-23H,10-15H2,1-9H3,(H,31,34).